The average Bonchev–Trinajstić information content (AvgIpc) is 2.36. The molecule has 0 bridgehead atoms. The Hall–Kier alpha value is -0.680. The third-order valence-corrected chi connectivity index (χ3v) is 1.76. The standard InChI is InChI=1S/C7H12N2O2S/c1-7(2,4-10-3)5-8-6(12)11-9-5/h4H2,1-3H3,(H,8,9,12). The summed E-state index contributed by atoms with van der Waals surface area (Å²) < 4.78 is 9.85. The van der Waals surface area contributed by atoms with Gasteiger partial charge in [0.2, 0.25) is 0 Å². The van der Waals surface area contributed by atoms with E-state index in [4.69, 9.17) is 21.5 Å². The molecule has 0 spiro atoms. The van der Waals surface area contributed by atoms with Crippen LogP contribution in [0.25, 0.3) is 0 Å². The Labute approximate surface area is 75.9 Å². The summed E-state index contributed by atoms with van der Waals surface area (Å²) in [6.45, 7) is 4.57. The van der Waals surface area contributed by atoms with Crippen LogP contribution in [0.3, 0.4) is 0 Å². The molecule has 0 fully saturated rings. The lowest BCUT2D eigenvalue weighted by Gasteiger charge is -2.18. The van der Waals surface area contributed by atoms with Crippen molar-refractivity contribution >= 4 is 12.2 Å². The fourth-order valence-electron chi connectivity index (χ4n) is 0.948. The molecule has 1 N–H and O–H groups in total. The molecule has 0 saturated heterocycles. The van der Waals surface area contributed by atoms with Gasteiger partial charge in [0.1, 0.15) is 5.82 Å². The van der Waals surface area contributed by atoms with Gasteiger partial charge in [-0.3, -0.25) is 0 Å². The van der Waals surface area contributed by atoms with Gasteiger partial charge in [0, 0.05) is 12.5 Å². The van der Waals surface area contributed by atoms with Crippen LogP contribution in [0, 0.1) is 4.84 Å². The number of hydrogen-bond donors (Lipinski definition) is 1. The Morgan fingerprint density at radius 3 is 2.75 bits per heavy atom. The molecule has 12 heavy (non-hydrogen) atoms. The van der Waals surface area contributed by atoms with Gasteiger partial charge in [-0.05, 0) is 12.2 Å². The summed E-state index contributed by atoms with van der Waals surface area (Å²) in [5.74, 6) is 0.717. The monoisotopic (exact) mass is 188 g/mol. The van der Waals surface area contributed by atoms with E-state index in [-0.39, 0.29) is 10.3 Å². The van der Waals surface area contributed by atoms with Crippen molar-refractivity contribution in [3.05, 3.63) is 10.7 Å². The van der Waals surface area contributed by atoms with Crippen molar-refractivity contribution in [1.29, 1.82) is 0 Å². The highest BCUT2D eigenvalue weighted by Crippen LogP contribution is 2.18. The van der Waals surface area contributed by atoms with E-state index in [1.807, 2.05) is 13.8 Å². The van der Waals surface area contributed by atoms with Gasteiger partial charge >= 0.3 is 4.84 Å². The number of rotatable bonds is 3. The minimum absolute atomic E-state index is 0.185. The van der Waals surface area contributed by atoms with Gasteiger partial charge in [-0.25, -0.2) is 5.16 Å². The SMILES string of the molecule is COCC(C)(C)c1nc(=S)o[nH]1. The van der Waals surface area contributed by atoms with Crippen LogP contribution in [0.15, 0.2) is 4.52 Å². The second-order valence-electron chi connectivity index (χ2n) is 3.25. The van der Waals surface area contributed by atoms with Crippen molar-refractivity contribution in [2.45, 2.75) is 19.3 Å². The number of aromatic nitrogens is 2. The zero-order valence-electron chi connectivity index (χ0n) is 7.38. The van der Waals surface area contributed by atoms with E-state index < -0.39 is 0 Å². The van der Waals surface area contributed by atoms with Crippen molar-refractivity contribution in [3.8, 4) is 0 Å². The molecule has 0 saturated carbocycles. The van der Waals surface area contributed by atoms with Gasteiger partial charge in [-0.15, -0.1) is 0 Å². The molecule has 0 atom stereocenters. The van der Waals surface area contributed by atoms with Crippen LogP contribution in [-0.4, -0.2) is 23.9 Å². The first kappa shape index (κ1) is 9.41. The summed E-state index contributed by atoms with van der Waals surface area (Å²) in [6, 6.07) is 0. The fraction of sp³-hybridized carbons (Fsp3) is 0.714. The molecule has 1 aromatic heterocycles. The predicted octanol–water partition coefficient (Wildman–Crippen LogP) is 1.66. The zero-order valence-corrected chi connectivity index (χ0v) is 8.20. The lowest BCUT2D eigenvalue weighted by Crippen LogP contribution is -2.25. The van der Waals surface area contributed by atoms with Gasteiger partial charge in [0.25, 0.3) is 0 Å². The van der Waals surface area contributed by atoms with E-state index in [0.717, 1.165) is 0 Å². The second kappa shape index (κ2) is 3.37. The molecule has 4 nitrogen and oxygen atoms in total. The highest BCUT2D eigenvalue weighted by Gasteiger charge is 2.24. The van der Waals surface area contributed by atoms with Gasteiger partial charge in [0.05, 0.1) is 6.61 Å². The van der Waals surface area contributed by atoms with E-state index in [0.29, 0.717) is 12.4 Å². The van der Waals surface area contributed by atoms with Crippen LogP contribution >= 0.6 is 12.2 Å². The first-order valence-electron chi connectivity index (χ1n) is 3.61. The van der Waals surface area contributed by atoms with Gasteiger partial charge in [-0.2, -0.15) is 4.98 Å². The van der Waals surface area contributed by atoms with E-state index in [9.17, 15) is 0 Å². The number of nitrogens with zero attached hydrogens (tertiary/aromatic N) is 1. The van der Waals surface area contributed by atoms with E-state index in [2.05, 4.69) is 10.1 Å². The maximum atomic E-state index is 5.03. The summed E-state index contributed by atoms with van der Waals surface area (Å²) in [5.41, 5.74) is -0.185. The van der Waals surface area contributed by atoms with E-state index in [1.54, 1.807) is 7.11 Å². The van der Waals surface area contributed by atoms with Crippen molar-refractivity contribution < 1.29 is 9.26 Å². The fourth-order valence-corrected chi connectivity index (χ4v) is 1.08. The number of nitrogens with one attached hydrogen (secondary N) is 1. The third-order valence-electron chi connectivity index (χ3n) is 1.58. The van der Waals surface area contributed by atoms with Crippen LogP contribution in [-0.2, 0) is 10.2 Å². The Kier molecular flexibility index (Phi) is 2.64. The molecule has 0 radical (unpaired) electrons. The zero-order chi connectivity index (χ0) is 9.19. The Morgan fingerprint density at radius 1 is 1.67 bits per heavy atom. The molecule has 0 amide bonds. The maximum absolute atomic E-state index is 5.03. The quantitative estimate of drug-likeness (QED) is 0.733. The van der Waals surface area contributed by atoms with Crippen LogP contribution in [0.1, 0.15) is 19.7 Å². The lowest BCUT2D eigenvalue weighted by molar-refractivity contribution is 0.141. The van der Waals surface area contributed by atoms with Crippen LogP contribution < -0.4 is 0 Å². The number of hydrogen-bond acceptors (Lipinski definition) is 4. The van der Waals surface area contributed by atoms with E-state index >= 15 is 0 Å². The van der Waals surface area contributed by atoms with Gasteiger partial charge in [-0.1, -0.05) is 13.8 Å². The first-order valence-corrected chi connectivity index (χ1v) is 4.02. The summed E-state index contributed by atoms with van der Waals surface area (Å²) in [4.78, 5) is 4.24. The molecule has 0 aliphatic rings. The smallest absolute Gasteiger partial charge is 0.314 e. The van der Waals surface area contributed by atoms with Crippen molar-refractivity contribution in [1.82, 2.24) is 10.1 Å². The Morgan fingerprint density at radius 2 is 2.33 bits per heavy atom. The highest BCUT2D eigenvalue weighted by molar-refractivity contribution is 7.71. The van der Waals surface area contributed by atoms with Crippen molar-refractivity contribution in [2.24, 2.45) is 0 Å². The molecule has 1 rings (SSSR count). The average molecular weight is 188 g/mol. The predicted molar refractivity (Wildman–Crippen MR) is 46.6 cm³/mol. The summed E-state index contributed by atoms with van der Waals surface area (Å²) in [5, 5.41) is 2.66. The molecule has 0 unspecified atom stereocenters. The van der Waals surface area contributed by atoms with Gasteiger partial charge < -0.3 is 9.26 Å². The lowest BCUT2D eigenvalue weighted by atomic mass is 9.94. The molecule has 5 heteroatoms. The number of methoxy groups -OCH3 is 1. The minimum atomic E-state index is -0.185. The topological polar surface area (TPSA) is 51.1 Å². The van der Waals surface area contributed by atoms with E-state index in [1.165, 1.54) is 0 Å². The summed E-state index contributed by atoms with van der Waals surface area (Å²) in [6.07, 6.45) is 0. The molecular formula is C7H12N2O2S. The molecular weight excluding hydrogens is 176 g/mol. The van der Waals surface area contributed by atoms with Crippen molar-refractivity contribution in [2.75, 3.05) is 13.7 Å². The third kappa shape index (κ3) is 1.92. The second-order valence-corrected chi connectivity index (χ2v) is 3.60. The summed E-state index contributed by atoms with van der Waals surface area (Å²) >= 11 is 4.74. The van der Waals surface area contributed by atoms with Crippen LogP contribution in [0.5, 0.6) is 0 Å². The van der Waals surface area contributed by atoms with Crippen molar-refractivity contribution in [3.63, 3.8) is 0 Å². The highest BCUT2D eigenvalue weighted by atomic mass is 32.1. The molecule has 1 aromatic rings. The normalized spacial score (nSPS) is 11.9. The summed E-state index contributed by atoms with van der Waals surface area (Å²) in [7, 11) is 1.65. The molecule has 0 aliphatic carbocycles. The Bertz CT molecular complexity index is 302. The Balaban J connectivity index is 2.88. The number of aromatic amines is 1. The molecule has 0 aliphatic heterocycles. The van der Waals surface area contributed by atoms with Gasteiger partial charge in [0.15, 0.2) is 0 Å². The molecule has 0 aromatic carbocycles. The van der Waals surface area contributed by atoms with Crippen LogP contribution in [0.2, 0.25) is 0 Å². The maximum Gasteiger partial charge on any atom is 0.314 e. The molecule has 1 heterocycles. The van der Waals surface area contributed by atoms with Crippen LogP contribution in [0.4, 0.5) is 0 Å². The minimum Gasteiger partial charge on any atom is -0.384 e. The number of H-pyrrole nitrogens is 1. The largest absolute Gasteiger partial charge is 0.384 e. The molecule has 68 valence electrons. The number of ether oxygens (including phenoxy) is 1. The first-order chi connectivity index (χ1) is 5.56.